The van der Waals surface area contributed by atoms with Crippen molar-refractivity contribution in [1.29, 1.82) is 0 Å². The molecule has 0 fully saturated rings. The van der Waals surface area contributed by atoms with Crippen molar-refractivity contribution in [3.8, 4) is 11.3 Å². The smallest absolute Gasteiger partial charge is 0.211 e. The number of pyridine rings is 1. The highest BCUT2D eigenvalue weighted by Crippen LogP contribution is 2.26. The van der Waals surface area contributed by atoms with E-state index in [-0.39, 0.29) is 30.8 Å². The van der Waals surface area contributed by atoms with Crippen LogP contribution in [0.3, 0.4) is 0 Å². The average Bonchev–Trinajstić information content (AvgIpc) is 3.01. The third kappa shape index (κ3) is 3.79. The summed E-state index contributed by atoms with van der Waals surface area (Å²) >= 11 is 1.57. The Bertz CT molecular complexity index is 835. The zero-order valence-electron chi connectivity index (χ0n) is 12.1. The lowest BCUT2D eigenvalue weighted by atomic mass is 10.1. The van der Waals surface area contributed by atoms with E-state index >= 15 is 0 Å². The SMILES string of the molecule is Cc1csc2nc(-c3ccncc3)c(/C=N/N=C(N)N)n12.Cl.Cl. The molecule has 0 radical (unpaired) electrons. The normalized spacial score (nSPS) is 10.3. The van der Waals surface area contributed by atoms with Crippen LogP contribution < -0.4 is 11.5 Å². The molecule has 0 saturated carbocycles. The maximum Gasteiger partial charge on any atom is 0.211 e. The summed E-state index contributed by atoms with van der Waals surface area (Å²) in [6, 6.07) is 3.80. The topological polar surface area (TPSA) is 107 Å². The van der Waals surface area contributed by atoms with Crippen molar-refractivity contribution in [1.82, 2.24) is 14.4 Å². The third-order valence-electron chi connectivity index (χ3n) is 2.88. The van der Waals surface area contributed by atoms with E-state index in [1.807, 2.05) is 28.8 Å². The number of rotatable bonds is 3. The van der Waals surface area contributed by atoms with Crippen molar-refractivity contribution < 1.29 is 0 Å². The van der Waals surface area contributed by atoms with E-state index in [2.05, 4.69) is 20.2 Å². The highest BCUT2D eigenvalue weighted by Gasteiger charge is 2.15. The van der Waals surface area contributed by atoms with Gasteiger partial charge in [0.15, 0.2) is 4.96 Å². The number of aryl methyl sites for hydroxylation is 1. The van der Waals surface area contributed by atoms with Crippen LogP contribution in [0.15, 0.2) is 40.1 Å². The van der Waals surface area contributed by atoms with Gasteiger partial charge in [0.25, 0.3) is 0 Å². The van der Waals surface area contributed by atoms with Gasteiger partial charge in [0.05, 0.1) is 17.6 Å². The van der Waals surface area contributed by atoms with E-state index in [4.69, 9.17) is 11.5 Å². The molecule has 23 heavy (non-hydrogen) atoms. The van der Waals surface area contributed by atoms with E-state index < -0.39 is 0 Å². The van der Waals surface area contributed by atoms with Crippen LogP contribution in [0.25, 0.3) is 16.2 Å². The van der Waals surface area contributed by atoms with Gasteiger partial charge in [-0.25, -0.2) is 4.98 Å². The maximum absolute atomic E-state index is 5.29. The van der Waals surface area contributed by atoms with Crippen LogP contribution in [0.2, 0.25) is 0 Å². The van der Waals surface area contributed by atoms with Crippen LogP contribution in [-0.2, 0) is 0 Å². The minimum atomic E-state index is -0.0838. The van der Waals surface area contributed by atoms with Crippen molar-refractivity contribution >= 4 is 53.3 Å². The van der Waals surface area contributed by atoms with Gasteiger partial charge in [0, 0.05) is 29.0 Å². The summed E-state index contributed by atoms with van der Waals surface area (Å²) in [5.41, 5.74) is 14.3. The summed E-state index contributed by atoms with van der Waals surface area (Å²) < 4.78 is 2.02. The van der Waals surface area contributed by atoms with Crippen LogP contribution in [0.1, 0.15) is 11.4 Å². The summed E-state index contributed by atoms with van der Waals surface area (Å²) in [7, 11) is 0. The molecule has 0 atom stereocenters. The lowest BCUT2D eigenvalue weighted by Gasteiger charge is -1.99. The van der Waals surface area contributed by atoms with Crippen molar-refractivity contribution in [2.24, 2.45) is 21.7 Å². The lowest BCUT2D eigenvalue weighted by molar-refractivity contribution is 1.11. The van der Waals surface area contributed by atoms with Crippen molar-refractivity contribution in [3.63, 3.8) is 0 Å². The Morgan fingerprint density at radius 2 is 1.96 bits per heavy atom. The van der Waals surface area contributed by atoms with Crippen LogP contribution in [0.4, 0.5) is 0 Å². The summed E-state index contributed by atoms with van der Waals surface area (Å²) in [6.45, 7) is 2.01. The summed E-state index contributed by atoms with van der Waals surface area (Å²) in [4.78, 5) is 9.57. The van der Waals surface area contributed by atoms with E-state index in [1.54, 1.807) is 29.9 Å². The lowest BCUT2D eigenvalue weighted by Crippen LogP contribution is -2.21. The molecular weight excluding hydrogens is 357 g/mol. The molecule has 0 spiro atoms. The molecule has 0 aliphatic carbocycles. The Labute approximate surface area is 149 Å². The second kappa shape index (κ2) is 7.91. The molecule has 4 N–H and O–H groups in total. The van der Waals surface area contributed by atoms with Crippen LogP contribution >= 0.6 is 36.2 Å². The zero-order chi connectivity index (χ0) is 14.8. The van der Waals surface area contributed by atoms with Crippen molar-refractivity contribution in [2.45, 2.75) is 6.92 Å². The first kappa shape index (κ1) is 18.9. The number of thiazole rings is 1. The number of fused-ring (bicyclic) bond motifs is 1. The molecular formula is C13H15Cl2N7S. The average molecular weight is 372 g/mol. The maximum atomic E-state index is 5.29. The fourth-order valence-corrected chi connectivity index (χ4v) is 2.89. The second-order valence-corrected chi connectivity index (χ2v) is 5.18. The Balaban J connectivity index is 0.00000132. The molecule has 3 rings (SSSR count). The zero-order valence-corrected chi connectivity index (χ0v) is 14.5. The van der Waals surface area contributed by atoms with Crippen molar-refractivity contribution in [2.75, 3.05) is 0 Å². The number of hydrogen-bond acceptors (Lipinski definition) is 5. The summed E-state index contributed by atoms with van der Waals surface area (Å²) in [6.07, 6.45) is 5.06. The van der Waals surface area contributed by atoms with Crippen LogP contribution in [0, 0.1) is 6.92 Å². The van der Waals surface area contributed by atoms with E-state index in [1.165, 1.54) is 0 Å². The highest BCUT2D eigenvalue weighted by atomic mass is 35.5. The van der Waals surface area contributed by atoms with Crippen LogP contribution in [-0.4, -0.2) is 26.5 Å². The second-order valence-electron chi connectivity index (χ2n) is 4.35. The number of aromatic nitrogens is 3. The third-order valence-corrected chi connectivity index (χ3v) is 3.82. The Hall–Kier alpha value is -2.16. The molecule has 0 aliphatic heterocycles. The molecule has 0 aliphatic rings. The first-order valence-corrected chi connectivity index (χ1v) is 7.03. The number of nitrogens with two attached hydrogens (primary N) is 2. The molecule has 0 bridgehead atoms. The molecule has 3 heterocycles. The van der Waals surface area contributed by atoms with Gasteiger partial charge in [0.1, 0.15) is 0 Å². The molecule has 7 nitrogen and oxygen atoms in total. The number of imidazole rings is 1. The highest BCUT2D eigenvalue weighted by molar-refractivity contribution is 7.15. The van der Waals surface area contributed by atoms with Crippen molar-refractivity contribution in [3.05, 3.63) is 41.3 Å². The fourth-order valence-electron chi connectivity index (χ4n) is 2.01. The molecule has 3 aromatic heterocycles. The predicted octanol–water partition coefficient (Wildman–Crippen LogP) is 2.22. The van der Waals surface area contributed by atoms with Crippen LogP contribution in [0.5, 0.6) is 0 Å². The number of hydrogen-bond donors (Lipinski definition) is 2. The minimum absolute atomic E-state index is 0. The fraction of sp³-hybridized carbons (Fsp3) is 0.0769. The molecule has 122 valence electrons. The quantitative estimate of drug-likeness (QED) is 0.418. The first-order valence-electron chi connectivity index (χ1n) is 6.15. The molecule has 0 amide bonds. The van der Waals surface area contributed by atoms with Gasteiger partial charge in [-0.15, -0.1) is 41.3 Å². The number of halogens is 2. The molecule has 0 aromatic carbocycles. The van der Waals surface area contributed by atoms with Gasteiger partial charge in [0.2, 0.25) is 5.96 Å². The van der Waals surface area contributed by atoms with E-state index in [0.29, 0.717) is 0 Å². The Kier molecular flexibility index (Phi) is 6.49. The van der Waals surface area contributed by atoms with E-state index in [0.717, 1.165) is 27.6 Å². The van der Waals surface area contributed by atoms with Gasteiger partial charge in [-0.3, -0.25) is 9.38 Å². The van der Waals surface area contributed by atoms with Gasteiger partial charge in [-0.1, -0.05) is 0 Å². The predicted molar refractivity (Wildman–Crippen MR) is 98.9 cm³/mol. The standard InChI is InChI=1S/C13H13N7S.2ClH/c1-8-7-21-13-18-11(9-2-4-16-5-3-9)10(20(8)13)6-17-19-12(14)15;;/h2-7H,1H3,(H4,14,15,19);2*1H/b17-6+;;. The largest absolute Gasteiger partial charge is 0.369 e. The van der Waals surface area contributed by atoms with Gasteiger partial charge in [-0.2, -0.15) is 5.10 Å². The van der Waals surface area contributed by atoms with Gasteiger partial charge >= 0.3 is 0 Å². The Morgan fingerprint density at radius 3 is 2.61 bits per heavy atom. The van der Waals surface area contributed by atoms with Gasteiger partial charge < -0.3 is 11.5 Å². The Morgan fingerprint density at radius 1 is 1.26 bits per heavy atom. The minimum Gasteiger partial charge on any atom is -0.369 e. The van der Waals surface area contributed by atoms with Gasteiger partial charge in [-0.05, 0) is 19.1 Å². The molecule has 0 saturated heterocycles. The number of nitrogens with zero attached hydrogens (tertiary/aromatic N) is 5. The molecule has 10 heteroatoms. The number of guanidine groups is 1. The molecule has 3 aromatic rings. The summed E-state index contributed by atoms with van der Waals surface area (Å²) in [5, 5.41) is 9.60. The molecule has 0 unspecified atom stereocenters. The van der Waals surface area contributed by atoms with E-state index in [9.17, 15) is 0 Å². The monoisotopic (exact) mass is 371 g/mol. The first-order chi connectivity index (χ1) is 10.2. The summed E-state index contributed by atoms with van der Waals surface area (Å²) in [5.74, 6) is -0.0838.